The molecule has 17 heavy (non-hydrogen) atoms. The van der Waals surface area contributed by atoms with Crippen molar-refractivity contribution in [2.75, 3.05) is 7.11 Å². The zero-order chi connectivity index (χ0) is 12.0. The number of rotatable bonds is 5. The van der Waals surface area contributed by atoms with Crippen LogP contribution in [0, 0.1) is 0 Å². The highest BCUT2D eigenvalue weighted by Gasteiger charge is 2.15. The SMILES string of the molecule is C=CCC[C@@H](N)c1ccccc1C(=O)OC.Cl. The van der Waals surface area contributed by atoms with Crippen LogP contribution in [-0.4, -0.2) is 13.1 Å². The van der Waals surface area contributed by atoms with Gasteiger partial charge in [0.1, 0.15) is 0 Å². The predicted octanol–water partition coefficient (Wildman–Crippen LogP) is 2.86. The molecule has 1 aromatic rings. The molecule has 0 heterocycles. The predicted molar refractivity (Wildman–Crippen MR) is 71.4 cm³/mol. The Balaban J connectivity index is 0.00000256. The van der Waals surface area contributed by atoms with Gasteiger partial charge in [0.25, 0.3) is 0 Å². The molecule has 0 amide bonds. The van der Waals surface area contributed by atoms with Crippen molar-refractivity contribution in [3.8, 4) is 0 Å². The van der Waals surface area contributed by atoms with E-state index in [1.165, 1.54) is 7.11 Å². The molecule has 0 aliphatic rings. The summed E-state index contributed by atoms with van der Waals surface area (Å²) < 4.78 is 4.72. The lowest BCUT2D eigenvalue weighted by Crippen LogP contribution is -2.15. The van der Waals surface area contributed by atoms with Crippen LogP contribution >= 0.6 is 12.4 Å². The average molecular weight is 256 g/mol. The fourth-order valence-corrected chi connectivity index (χ4v) is 1.57. The normalized spacial score (nSPS) is 11.2. The Morgan fingerprint density at radius 3 is 2.76 bits per heavy atom. The summed E-state index contributed by atoms with van der Waals surface area (Å²) in [5, 5.41) is 0. The van der Waals surface area contributed by atoms with E-state index in [9.17, 15) is 4.79 Å². The van der Waals surface area contributed by atoms with Crippen molar-refractivity contribution in [1.29, 1.82) is 0 Å². The van der Waals surface area contributed by atoms with Crippen molar-refractivity contribution in [3.05, 3.63) is 48.0 Å². The standard InChI is InChI=1S/C13H17NO2.ClH/c1-3-4-9-12(14)10-7-5-6-8-11(10)13(15)16-2;/h3,5-8,12H,1,4,9,14H2,2H3;1H/t12-;/m1./s1. The smallest absolute Gasteiger partial charge is 0.338 e. The van der Waals surface area contributed by atoms with E-state index in [1.807, 2.05) is 18.2 Å². The van der Waals surface area contributed by atoms with Crippen molar-refractivity contribution in [2.45, 2.75) is 18.9 Å². The number of carbonyl (C=O) groups is 1. The molecule has 1 atom stereocenters. The zero-order valence-electron chi connectivity index (χ0n) is 9.89. The number of ether oxygens (including phenoxy) is 1. The van der Waals surface area contributed by atoms with Gasteiger partial charge in [-0.05, 0) is 24.5 Å². The van der Waals surface area contributed by atoms with Gasteiger partial charge in [-0.25, -0.2) is 4.79 Å². The van der Waals surface area contributed by atoms with Crippen LogP contribution in [-0.2, 0) is 4.74 Å². The summed E-state index contributed by atoms with van der Waals surface area (Å²) >= 11 is 0. The molecule has 0 spiro atoms. The zero-order valence-corrected chi connectivity index (χ0v) is 10.7. The van der Waals surface area contributed by atoms with E-state index in [0.717, 1.165) is 18.4 Å². The van der Waals surface area contributed by atoms with E-state index < -0.39 is 0 Å². The lowest BCUT2D eigenvalue weighted by molar-refractivity contribution is 0.0599. The molecule has 3 nitrogen and oxygen atoms in total. The van der Waals surface area contributed by atoms with E-state index in [1.54, 1.807) is 12.1 Å². The fourth-order valence-electron chi connectivity index (χ4n) is 1.57. The second kappa shape index (κ2) is 7.87. The maximum atomic E-state index is 11.5. The molecular weight excluding hydrogens is 238 g/mol. The third-order valence-electron chi connectivity index (χ3n) is 2.45. The van der Waals surface area contributed by atoms with Crippen molar-refractivity contribution in [2.24, 2.45) is 5.73 Å². The molecule has 4 heteroatoms. The summed E-state index contributed by atoms with van der Waals surface area (Å²) in [7, 11) is 1.37. The van der Waals surface area contributed by atoms with Gasteiger partial charge >= 0.3 is 5.97 Å². The van der Waals surface area contributed by atoms with Gasteiger partial charge < -0.3 is 10.5 Å². The van der Waals surface area contributed by atoms with Crippen LogP contribution in [0.3, 0.4) is 0 Å². The molecule has 0 saturated carbocycles. The lowest BCUT2D eigenvalue weighted by atomic mass is 9.97. The first-order valence-electron chi connectivity index (χ1n) is 5.24. The maximum absolute atomic E-state index is 11.5. The summed E-state index contributed by atoms with van der Waals surface area (Å²) in [6, 6.07) is 7.11. The highest BCUT2D eigenvalue weighted by Crippen LogP contribution is 2.20. The molecule has 1 aromatic carbocycles. The molecule has 0 aliphatic carbocycles. The van der Waals surface area contributed by atoms with Gasteiger partial charge in [-0.3, -0.25) is 0 Å². The van der Waals surface area contributed by atoms with Gasteiger partial charge in [0.05, 0.1) is 12.7 Å². The molecule has 0 saturated heterocycles. The van der Waals surface area contributed by atoms with Crippen molar-refractivity contribution < 1.29 is 9.53 Å². The Hall–Kier alpha value is -1.32. The van der Waals surface area contributed by atoms with Crippen molar-refractivity contribution in [1.82, 2.24) is 0 Å². The molecule has 1 rings (SSSR count). The molecule has 0 fully saturated rings. The monoisotopic (exact) mass is 255 g/mol. The van der Waals surface area contributed by atoms with Gasteiger partial charge in [0.2, 0.25) is 0 Å². The number of allylic oxidation sites excluding steroid dienone is 1. The second-order valence-corrected chi connectivity index (χ2v) is 3.55. The minimum atomic E-state index is -0.343. The van der Waals surface area contributed by atoms with E-state index in [-0.39, 0.29) is 24.4 Å². The number of carbonyl (C=O) groups excluding carboxylic acids is 1. The summed E-state index contributed by atoms with van der Waals surface area (Å²) in [6.07, 6.45) is 3.43. The molecule has 0 unspecified atom stereocenters. The number of benzene rings is 1. The first-order chi connectivity index (χ1) is 7.70. The Bertz CT molecular complexity index is 379. The Morgan fingerprint density at radius 1 is 1.53 bits per heavy atom. The Labute approximate surface area is 108 Å². The molecule has 0 aliphatic heterocycles. The molecule has 0 radical (unpaired) electrons. The van der Waals surface area contributed by atoms with Crippen LogP contribution in [0.2, 0.25) is 0 Å². The minimum absolute atomic E-state index is 0. The van der Waals surface area contributed by atoms with E-state index >= 15 is 0 Å². The van der Waals surface area contributed by atoms with Crippen LogP contribution in [0.15, 0.2) is 36.9 Å². The van der Waals surface area contributed by atoms with Crippen molar-refractivity contribution in [3.63, 3.8) is 0 Å². The van der Waals surface area contributed by atoms with Crippen molar-refractivity contribution >= 4 is 18.4 Å². The Morgan fingerprint density at radius 2 is 2.18 bits per heavy atom. The highest BCUT2D eigenvalue weighted by molar-refractivity contribution is 5.91. The summed E-state index contributed by atoms with van der Waals surface area (Å²) in [5.74, 6) is -0.343. The molecule has 0 bridgehead atoms. The average Bonchev–Trinajstić information content (AvgIpc) is 2.35. The topological polar surface area (TPSA) is 52.3 Å². The fraction of sp³-hybridized carbons (Fsp3) is 0.308. The third-order valence-corrected chi connectivity index (χ3v) is 2.45. The summed E-state index contributed by atoms with van der Waals surface area (Å²) in [6.45, 7) is 3.65. The van der Waals surface area contributed by atoms with E-state index in [2.05, 4.69) is 6.58 Å². The first-order valence-corrected chi connectivity index (χ1v) is 5.24. The van der Waals surface area contributed by atoms with E-state index in [0.29, 0.717) is 5.56 Å². The molecule has 94 valence electrons. The number of halogens is 1. The van der Waals surface area contributed by atoms with Crippen LogP contribution in [0.4, 0.5) is 0 Å². The number of hydrogen-bond acceptors (Lipinski definition) is 3. The van der Waals surface area contributed by atoms with E-state index in [4.69, 9.17) is 10.5 Å². The molecule has 2 N–H and O–H groups in total. The second-order valence-electron chi connectivity index (χ2n) is 3.55. The third kappa shape index (κ3) is 4.21. The van der Waals surface area contributed by atoms with Gasteiger partial charge in [-0.2, -0.15) is 0 Å². The highest BCUT2D eigenvalue weighted by atomic mass is 35.5. The van der Waals surface area contributed by atoms with Crippen LogP contribution < -0.4 is 5.73 Å². The Kier molecular flexibility index (Phi) is 7.26. The minimum Gasteiger partial charge on any atom is -0.465 e. The first kappa shape index (κ1) is 15.7. The summed E-state index contributed by atoms with van der Waals surface area (Å²) in [5.41, 5.74) is 7.39. The molecular formula is C13H18ClNO2. The summed E-state index contributed by atoms with van der Waals surface area (Å²) in [4.78, 5) is 11.5. The van der Waals surface area contributed by atoms with Crippen LogP contribution in [0.5, 0.6) is 0 Å². The number of esters is 1. The van der Waals surface area contributed by atoms with Gasteiger partial charge in [0.15, 0.2) is 0 Å². The number of hydrogen-bond donors (Lipinski definition) is 1. The number of nitrogens with two attached hydrogens (primary N) is 1. The van der Waals surface area contributed by atoms with Crippen LogP contribution in [0.1, 0.15) is 34.8 Å². The quantitative estimate of drug-likeness (QED) is 0.650. The number of methoxy groups -OCH3 is 1. The maximum Gasteiger partial charge on any atom is 0.338 e. The largest absolute Gasteiger partial charge is 0.465 e. The van der Waals surface area contributed by atoms with Crippen LogP contribution in [0.25, 0.3) is 0 Å². The van der Waals surface area contributed by atoms with Gasteiger partial charge in [0, 0.05) is 6.04 Å². The lowest BCUT2D eigenvalue weighted by Gasteiger charge is -2.14. The van der Waals surface area contributed by atoms with Gasteiger partial charge in [-0.15, -0.1) is 19.0 Å². The van der Waals surface area contributed by atoms with Gasteiger partial charge in [-0.1, -0.05) is 24.3 Å². The molecule has 0 aromatic heterocycles.